The largest absolute Gasteiger partial charge is 0.493 e. The highest BCUT2D eigenvalue weighted by Crippen LogP contribution is 2.41. The second kappa shape index (κ2) is 9.87. The highest BCUT2D eigenvalue weighted by molar-refractivity contribution is 14.1. The van der Waals surface area contributed by atoms with Crippen LogP contribution >= 0.6 is 69.8 Å². The smallest absolute Gasteiger partial charge is 0.270 e. The summed E-state index contributed by atoms with van der Waals surface area (Å²) in [5.74, 6) is 1.09. The second-order valence-electron chi connectivity index (χ2n) is 6.00. The first-order valence-electron chi connectivity index (χ1n) is 8.59. The molecule has 1 heterocycles. The number of carbonyl (C=O) groups excluding carboxylic acids is 1. The first-order valence-corrected chi connectivity index (χ1v) is 11.6. The fourth-order valence-corrected chi connectivity index (χ4v) is 5.22. The van der Waals surface area contributed by atoms with Crippen molar-refractivity contribution in [3.8, 4) is 11.5 Å². The number of amides is 1. The number of carbonyl (C=O) groups is 1. The van der Waals surface area contributed by atoms with Gasteiger partial charge in [0, 0.05) is 5.02 Å². The lowest BCUT2D eigenvalue weighted by Crippen LogP contribution is -2.27. The number of nitrogens with zero attached hydrogens (tertiary/aromatic N) is 1. The summed E-state index contributed by atoms with van der Waals surface area (Å²) in [7, 11) is 1.59. The normalized spacial score (nSPS) is 15.3. The number of methoxy groups -OCH3 is 1. The van der Waals surface area contributed by atoms with E-state index in [4.69, 9.17) is 44.9 Å². The molecule has 152 valence electrons. The average Bonchev–Trinajstić information content (AvgIpc) is 2.94. The molecule has 1 amide bonds. The first-order chi connectivity index (χ1) is 13.8. The van der Waals surface area contributed by atoms with Crippen molar-refractivity contribution < 1.29 is 14.3 Å². The summed E-state index contributed by atoms with van der Waals surface area (Å²) < 4.78 is 12.6. The van der Waals surface area contributed by atoms with E-state index in [0.29, 0.717) is 43.1 Å². The molecule has 29 heavy (non-hydrogen) atoms. The summed E-state index contributed by atoms with van der Waals surface area (Å²) in [5.41, 5.74) is 1.33. The molecule has 2 aromatic carbocycles. The van der Waals surface area contributed by atoms with Gasteiger partial charge in [-0.15, -0.1) is 0 Å². The van der Waals surface area contributed by atoms with Gasteiger partial charge in [0.15, 0.2) is 15.8 Å². The number of thioether (sulfide) groups is 1. The molecule has 9 heteroatoms. The molecule has 0 unspecified atom stereocenters. The van der Waals surface area contributed by atoms with Gasteiger partial charge in [-0.3, -0.25) is 9.69 Å². The lowest BCUT2D eigenvalue weighted by atomic mass is 10.1. The van der Waals surface area contributed by atoms with Crippen molar-refractivity contribution in [3.63, 3.8) is 0 Å². The van der Waals surface area contributed by atoms with E-state index in [-0.39, 0.29) is 5.91 Å². The van der Waals surface area contributed by atoms with Gasteiger partial charge in [0.05, 0.1) is 32.9 Å². The van der Waals surface area contributed by atoms with Crippen LogP contribution in [0.4, 0.5) is 5.69 Å². The van der Waals surface area contributed by atoms with E-state index in [1.165, 1.54) is 16.7 Å². The molecule has 0 spiro atoms. The third-order valence-corrected chi connectivity index (χ3v) is 6.59. The molecular formula is C20H16Cl2INO3S2. The van der Waals surface area contributed by atoms with Crippen molar-refractivity contribution >= 4 is 91.8 Å². The standard InChI is InChI=1S/C20H16Cl2INO3S2/c1-3-6-27-18-14(23)7-11(8-16(18)26-2)9-17-19(25)24(20(28)29-17)15-5-4-12(21)10-13(15)22/h4-5,7-10H,3,6H2,1-2H3/b17-9+. The minimum Gasteiger partial charge on any atom is -0.493 e. The van der Waals surface area contributed by atoms with Crippen LogP contribution in [0.25, 0.3) is 6.08 Å². The monoisotopic (exact) mass is 579 g/mol. The fraction of sp³-hybridized carbons (Fsp3) is 0.200. The van der Waals surface area contributed by atoms with Crippen LogP contribution in [-0.4, -0.2) is 23.9 Å². The SMILES string of the molecule is CCCOc1c(I)cc(/C=C2/SC(=S)N(c3ccc(Cl)cc3Cl)C2=O)cc1OC. The molecule has 0 N–H and O–H groups in total. The molecule has 1 fully saturated rings. The zero-order valence-electron chi connectivity index (χ0n) is 15.5. The molecule has 1 aliphatic rings. The average molecular weight is 580 g/mol. The van der Waals surface area contributed by atoms with Gasteiger partial charge in [-0.2, -0.15) is 0 Å². The third-order valence-electron chi connectivity index (χ3n) is 3.94. The number of rotatable bonds is 6. The number of hydrogen-bond donors (Lipinski definition) is 0. The maximum Gasteiger partial charge on any atom is 0.270 e. The summed E-state index contributed by atoms with van der Waals surface area (Å²) in [6.45, 7) is 2.65. The van der Waals surface area contributed by atoms with E-state index >= 15 is 0 Å². The predicted octanol–water partition coefficient (Wildman–Crippen LogP) is 6.80. The quantitative estimate of drug-likeness (QED) is 0.214. The Morgan fingerprint density at radius 1 is 1.28 bits per heavy atom. The Morgan fingerprint density at radius 2 is 2.03 bits per heavy atom. The van der Waals surface area contributed by atoms with E-state index in [1.54, 1.807) is 31.4 Å². The van der Waals surface area contributed by atoms with Gasteiger partial charge >= 0.3 is 0 Å². The fourth-order valence-electron chi connectivity index (χ4n) is 2.66. The lowest BCUT2D eigenvalue weighted by molar-refractivity contribution is -0.113. The molecule has 4 nitrogen and oxygen atoms in total. The van der Waals surface area contributed by atoms with Gasteiger partial charge < -0.3 is 9.47 Å². The van der Waals surface area contributed by atoms with Crippen LogP contribution in [0.1, 0.15) is 18.9 Å². The van der Waals surface area contributed by atoms with Crippen LogP contribution in [-0.2, 0) is 4.79 Å². The number of benzene rings is 2. The van der Waals surface area contributed by atoms with Gasteiger partial charge in [-0.25, -0.2) is 0 Å². The van der Waals surface area contributed by atoms with E-state index in [0.717, 1.165) is 15.6 Å². The summed E-state index contributed by atoms with van der Waals surface area (Å²) >= 11 is 21.1. The summed E-state index contributed by atoms with van der Waals surface area (Å²) in [5, 5.41) is 0.857. The van der Waals surface area contributed by atoms with Crippen LogP contribution < -0.4 is 14.4 Å². The van der Waals surface area contributed by atoms with Crippen LogP contribution in [0.15, 0.2) is 35.2 Å². The van der Waals surface area contributed by atoms with E-state index in [9.17, 15) is 4.79 Å². The Morgan fingerprint density at radius 3 is 2.69 bits per heavy atom. The molecule has 1 aliphatic heterocycles. The maximum absolute atomic E-state index is 13.0. The molecule has 2 aromatic rings. The van der Waals surface area contributed by atoms with Crippen LogP contribution in [0, 0.1) is 3.57 Å². The van der Waals surface area contributed by atoms with Crippen molar-refractivity contribution in [2.24, 2.45) is 0 Å². The predicted molar refractivity (Wildman–Crippen MR) is 134 cm³/mol. The number of hydrogen-bond acceptors (Lipinski definition) is 5. The summed E-state index contributed by atoms with van der Waals surface area (Å²) in [6.07, 6.45) is 2.69. The molecule has 0 saturated carbocycles. The Kier molecular flexibility index (Phi) is 7.72. The lowest BCUT2D eigenvalue weighted by Gasteiger charge is -2.16. The van der Waals surface area contributed by atoms with Crippen molar-refractivity contribution in [2.75, 3.05) is 18.6 Å². The number of anilines is 1. The first kappa shape index (κ1) is 22.7. The van der Waals surface area contributed by atoms with E-state index in [1.807, 2.05) is 19.1 Å². The molecule has 0 bridgehead atoms. The molecule has 0 radical (unpaired) electrons. The second-order valence-corrected chi connectivity index (χ2v) is 9.68. The minimum absolute atomic E-state index is 0.232. The van der Waals surface area contributed by atoms with Crippen molar-refractivity contribution in [3.05, 3.63) is 54.4 Å². The highest BCUT2D eigenvalue weighted by Gasteiger charge is 2.34. The zero-order chi connectivity index (χ0) is 21.1. The van der Waals surface area contributed by atoms with E-state index < -0.39 is 0 Å². The highest BCUT2D eigenvalue weighted by atomic mass is 127. The van der Waals surface area contributed by atoms with Crippen molar-refractivity contribution in [1.82, 2.24) is 0 Å². The number of halogens is 3. The summed E-state index contributed by atoms with van der Waals surface area (Å²) in [4.78, 5) is 14.9. The van der Waals surface area contributed by atoms with Crippen LogP contribution in [0.5, 0.6) is 11.5 Å². The van der Waals surface area contributed by atoms with Crippen LogP contribution in [0.3, 0.4) is 0 Å². The Labute approximate surface area is 202 Å². The summed E-state index contributed by atoms with van der Waals surface area (Å²) in [6, 6.07) is 8.73. The number of thiocarbonyl (C=S) groups is 1. The zero-order valence-corrected chi connectivity index (χ0v) is 20.8. The number of ether oxygens (including phenoxy) is 2. The van der Waals surface area contributed by atoms with Crippen LogP contribution in [0.2, 0.25) is 10.0 Å². The van der Waals surface area contributed by atoms with Gasteiger partial charge in [0.1, 0.15) is 0 Å². The third kappa shape index (κ3) is 5.02. The molecule has 0 aromatic heterocycles. The van der Waals surface area contributed by atoms with Crippen molar-refractivity contribution in [1.29, 1.82) is 0 Å². The molecule has 1 saturated heterocycles. The van der Waals surface area contributed by atoms with Gasteiger partial charge in [0.25, 0.3) is 5.91 Å². The van der Waals surface area contributed by atoms with Gasteiger partial charge in [0.2, 0.25) is 0 Å². The molecule has 3 rings (SSSR count). The van der Waals surface area contributed by atoms with Crippen molar-refractivity contribution in [2.45, 2.75) is 13.3 Å². The molecular weight excluding hydrogens is 564 g/mol. The Bertz CT molecular complexity index is 1010. The Balaban J connectivity index is 1.94. The van der Waals surface area contributed by atoms with Gasteiger partial charge in [-0.05, 0) is 71.0 Å². The molecule has 0 atom stereocenters. The topological polar surface area (TPSA) is 38.8 Å². The minimum atomic E-state index is -0.232. The maximum atomic E-state index is 13.0. The molecule has 0 aliphatic carbocycles. The Hall–Kier alpha value is -1.00. The van der Waals surface area contributed by atoms with Gasteiger partial charge in [-0.1, -0.05) is 54.1 Å². The van der Waals surface area contributed by atoms with E-state index in [2.05, 4.69) is 22.6 Å².